The zero-order chi connectivity index (χ0) is 14.8. The number of carbonyl (C=O) groups excluding carboxylic acids is 1. The fourth-order valence-electron chi connectivity index (χ4n) is 1.93. The molecule has 1 saturated heterocycles. The van der Waals surface area contributed by atoms with Crippen molar-refractivity contribution in [1.82, 2.24) is 5.16 Å². The van der Waals surface area contributed by atoms with Gasteiger partial charge in [0.05, 0.1) is 16.7 Å². The first-order valence-corrected chi connectivity index (χ1v) is 6.89. The molecule has 8 heteroatoms. The second-order valence-corrected chi connectivity index (χ2v) is 5.22. The molecule has 0 radical (unpaired) electrons. The quantitative estimate of drug-likeness (QED) is 0.842. The zero-order valence-corrected chi connectivity index (χ0v) is 12.2. The molecule has 1 aliphatic heterocycles. The molecule has 2 heterocycles. The Balaban J connectivity index is 1.65. The highest BCUT2D eigenvalue weighted by molar-refractivity contribution is 9.10. The maximum atomic E-state index is 13.5. The molecular formula is C13H10BrFN2O4. The van der Waals surface area contributed by atoms with E-state index >= 15 is 0 Å². The van der Waals surface area contributed by atoms with E-state index in [2.05, 4.69) is 25.6 Å². The molecule has 21 heavy (non-hydrogen) atoms. The SMILES string of the molecule is O=C1O[C@@H](COc2ccon2)CN1c1ccc(Br)c(F)c1. The molecule has 1 aromatic carbocycles. The number of cyclic esters (lactones) is 1. The van der Waals surface area contributed by atoms with E-state index in [0.717, 1.165) is 0 Å². The van der Waals surface area contributed by atoms with Gasteiger partial charge in [-0.25, -0.2) is 9.18 Å². The van der Waals surface area contributed by atoms with E-state index in [9.17, 15) is 9.18 Å². The maximum absolute atomic E-state index is 13.5. The third-order valence-corrected chi connectivity index (χ3v) is 3.56. The molecule has 0 saturated carbocycles. The minimum absolute atomic E-state index is 0.147. The average Bonchev–Trinajstić information content (AvgIpc) is 3.09. The molecule has 1 amide bonds. The minimum atomic E-state index is -0.537. The Morgan fingerprint density at radius 1 is 1.48 bits per heavy atom. The van der Waals surface area contributed by atoms with Crippen molar-refractivity contribution in [3.63, 3.8) is 0 Å². The van der Waals surface area contributed by atoms with Crippen molar-refractivity contribution in [2.24, 2.45) is 0 Å². The number of amides is 1. The van der Waals surface area contributed by atoms with Gasteiger partial charge in [-0.1, -0.05) is 0 Å². The molecule has 0 N–H and O–H groups in total. The van der Waals surface area contributed by atoms with Crippen LogP contribution in [0.25, 0.3) is 0 Å². The van der Waals surface area contributed by atoms with Gasteiger partial charge in [-0.15, -0.1) is 0 Å². The fourth-order valence-corrected chi connectivity index (χ4v) is 2.17. The Labute approximate surface area is 127 Å². The van der Waals surface area contributed by atoms with E-state index in [1.165, 1.54) is 23.3 Å². The molecule has 0 spiro atoms. The summed E-state index contributed by atoms with van der Waals surface area (Å²) in [6.07, 6.45) is 0.388. The summed E-state index contributed by atoms with van der Waals surface area (Å²) in [5, 5.41) is 3.59. The summed E-state index contributed by atoms with van der Waals surface area (Å²) >= 11 is 3.07. The van der Waals surface area contributed by atoms with Crippen LogP contribution < -0.4 is 9.64 Å². The molecule has 0 aliphatic carbocycles. The molecular weight excluding hydrogens is 347 g/mol. The third-order valence-electron chi connectivity index (χ3n) is 2.92. The van der Waals surface area contributed by atoms with Gasteiger partial charge in [0.25, 0.3) is 5.88 Å². The molecule has 6 nitrogen and oxygen atoms in total. The molecule has 0 bridgehead atoms. The Hall–Kier alpha value is -2.09. The lowest BCUT2D eigenvalue weighted by atomic mass is 10.2. The Morgan fingerprint density at radius 3 is 3.05 bits per heavy atom. The Kier molecular flexibility index (Phi) is 3.78. The molecule has 1 aromatic heterocycles. The maximum Gasteiger partial charge on any atom is 0.414 e. The smallest absolute Gasteiger partial charge is 0.414 e. The van der Waals surface area contributed by atoms with Gasteiger partial charge in [-0.3, -0.25) is 4.90 Å². The zero-order valence-electron chi connectivity index (χ0n) is 10.7. The first-order chi connectivity index (χ1) is 10.1. The first kappa shape index (κ1) is 13.9. The van der Waals surface area contributed by atoms with Crippen LogP contribution in [0.3, 0.4) is 0 Å². The lowest BCUT2D eigenvalue weighted by Crippen LogP contribution is -2.26. The molecule has 1 aliphatic rings. The second kappa shape index (κ2) is 5.72. The monoisotopic (exact) mass is 356 g/mol. The van der Waals surface area contributed by atoms with Crippen LogP contribution in [0.15, 0.2) is 39.5 Å². The van der Waals surface area contributed by atoms with Crippen LogP contribution in [0.2, 0.25) is 0 Å². The highest BCUT2D eigenvalue weighted by atomic mass is 79.9. The van der Waals surface area contributed by atoms with E-state index < -0.39 is 18.0 Å². The molecule has 110 valence electrons. The standard InChI is InChI=1S/C13H10BrFN2O4/c14-10-2-1-8(5-11(10)15)17-6-9(21-13(17)18)7-19-12-3-4-20-16-12/h1-5,9H,6-7H2/t9-/m1/s1. The van der Waals surface area contributed by atoms with Gasteiger partial charge in [0.2, 0.25) is 0 Å². The number of rotatable bonds is 4. The van der Waals surface area contributed by atoms with Crippen molar-refractivity contribution < 1.29 is 23.2 Å². The first-order valence-electron chi connectivity index (χ1n) is 6.10. The summed E-state index contributed by atoms with van der Waals surface area (Å²) in [5.74, 6) is -0.123. The van der Waals surface area contributed by atoms with Crippen LogP contribution in [0, 0.1) is 5.82 Å². The summed E-state index contributed by atoms with van der Waals surface area (Å²) in [6.45, 7) is 0.422. The molecule has 0 unspecified atom stereocenters. The van der Waals surface area contributed by atoms with Crippen LogP contribution >= 0.6 is 15.9 Å². The van der Waals surface area contributed by atoms with Crippen LogP contribution in [0.4, 0.5) is 14.9 Å². The van der Waals surface area contributed by atoms with E-state index in [0.29, 0.717) is 16.0 Å². The fraction of sp³-hybridized carbons (Fsp3) is 0.231. The summed E-state index contributed by atoms with van der Waals surface area (Å²) in [4.78, 5) is 13.2. The van der Waals surface area contributed by atoms with Crippen LogP contribution in [0.5, 0.6) is 5.88 Å². The number of halogens is 2. The number of anilines is 1. The Bertz CT molecular complexity index is 650. The van der Waals surface area contributed by atoms with Gasteiger partial charge < -0.3 is 14.0 Å². The largest absolute Gasteiger partial charge is 0.471 e. The topological polar surface area (TPSA) is 64.8 Å². The van der Waals surface area contributed by atoms with Gasteiger partial charge in [-0.2, -0.15) is 0 Å². The number of aromatic nitrogens is 1. The van der Waals surface area contributed by atoms with Crippen molar-refractivity contribution >= 4 is 27.7 Å². The summed E-state index contributed by atoms with van der Waals surface area (Å²) in [7, 11) is 0. The van der Waals surface area contributed by atoms with Gasteiger partial charge in [0.15, 0.2) is 6.10 Å². The van der Waals surface area contributed by atoms with E-state index in [4.69, 9.17) is 9.47 Å². The van der Waals surface area contributed by atoms with E-state index in [1.807, 2.05) is 0 Å². The van der Waals surface area contributed by atoms with Crippen molar-refractivity contribution in [3.8, 4) is 5.88 Å². The number of hydrogen-bond acceptors (Lipinski definition) is 5. The van der Waals surface area contributed by atoms with Crippen molar-refractivity contribution in [2.45, 2.75) is 6.10 Å². The summed E-state index contributed by atoms with van der Waals surface area (Å²) < 4.78 is 29.0. The predicted octanol–water partition coefficient (Wildman–Crippen LogP) is 2.98. The van der Waals surface area contributed by atoms with Gasteiger partial charge in [-0.05, 0) is 39.3 Å². The van der Waals surface area contributed by atoms with Crippen LogP contribution in [-0.4, -0.2) is 30.5 Å². The highest BCUT2D eigenvalue weighted by Crippen LogP contribution is 2.26. The molecule has 1 atom stereocenters. The number of hydrogen-bond donors (Lipinski definition) is 0. The number of benzene rings is 1. The minimum Gasteiger partial charge on any atom is -0.471 e. The lowest BCUT2D eigenvalue weighted by Gasteiger charge is -2.13. The van der Waals surface area contributed by atoms with Crippen molar-refractivity contribution in [2.75, 3.05) is 18.1 Å². The van der Waals surface area contributed by atoms with Crippen molar-refractivity contribution in [3.05, 3.63) is 40.8 Å². The van der Waals surface area contributed by atoms with Gasteiger partial charge >= 0.3 is 6.09 Å². The van der Waals surface area contributed by atoms with Gasteiger partial charge in [0, 0.05) is 6.07 Å². The normalized spacial score (nSPS) is 17.9. The van der Waals surface area contributed by atoms with E-state index in [-0.39, 0.29) is 13.2 Å². The van der Waals surface area contributed by atoms with Crippen LogP contribution in [-0.2, 0) is 4.74 Å². The van der Waals surface area contributed by atoms with Crippen LogP contribution in [0.1, 0.15) is 0 Å². The summed E-state index contributed by atoms with van der Waals surface area (Å²) in [6, 6.07) is 6.00. The number of carbonyl (C=O) groups is 1. The number of nitrogens with zero attached hydrogens (tertiary/aromatic N) is 2. The lowest BCUT2D eigenvalue weighted by molar-refractivity contribution is 0.102. The van der Waals surface area contributed by atoms with E-state index in [1.54, 1.807) is 12.1 Å². The Morgan fingerprint density at radius 2 is 2.33 bits per heavy atom. The second-order valence-electron chi connectivity index (χ2n) is 4.36. The molecule has 1 fully saturated rings. The number of ether oxygens (including phenoxy) is 2. The molecule has 3 rings (SSSR count). The van der Waals surface area contributed by atoms with Crippen molar-refractivity contribution in [1.29, 1.82) is 0 Å². The van der Waals surface area contributed by atoms with Gasteiger partial charge in [0.1, 0.15) is 18.7 Å². The average molecular weight is 357 g/mol. The molecule has 2 aromatic rings. The predicted molar refractivity (Wildman–Crippen MR) is 73.7 cm³/mol. The summed E-state index contributed by atoms with van der Waals surface area (Å²) in [5.41, 5.74) is 0.435. The third kappa shape index (κ3) is 2.99. The highest BCUT2D eigenvalue weighted by Gasteiger charge is 2.33.